The smallest absolute Gasteiger partial charge is 0.205 e. The zero-order valence-electron chi connectivity index (χ0n) is 9.87. The molecule has 0 atom stereocenters. The maximum Gasteiger partial charge on any atom is 0.205 e. The van der Waals surface area contributed by atoms with Crippen LogP contribution in [0.25, 0.3) is 16.7 Å². The van der Waals surface area contributed by atoms with E-state index in [1.54, 1.807) is 0 Å². The van der Waals surface area contributed by atoms with Crippen molar-refractivity contribution in [3.8, 4) is 5.69 Å². The monoisotopic (exact) mass is 313 g/mol. The minimum atomic E-state index is -0.582. The average molecular weight is 314 g/mol. The van der Waals surface area contributed by atoms with Crippen molar-refractivity contribution in [2.24, 2.45) is 0 Å². The molecule has 3 rings (SSSR count). The molecule has 1 aromatic heterocycles. The summed E-state index contributed by atoms with van der Waals surface area (Å²) in [5.41, 5.74) is 7.20. The van der Waals surface area contributed by atoms with Crippen molar-refractivity contribution in [3.63, 3.8) is 0 Å². The van der Waals surface area contributed by atoms with Gasteiger partial charge in [-0.15, -0.1) is 0 Å². The normalized spacial score (nSPS) is 11.2. The summed E-state index contributed by atoms with van der Waals surface area (Å²) >= 11 is 11.5. The third kappa shape index (κ3) is 1.99. The number of benzene rings is 2. The van der Waals surface area contributed by atoms with Gasteiger partial charge in [0.25, 0.3) is 0 Å². The topological polar surface area (TPSA) is 43.8 Å². The Hall–Kier alpha value is -1.85. The summed E-state index contributed by atoms with van der Waals surface area (Å²) in [6.07, 6.45) is 0. The summed E-state index contributed by atoms with van der Waals surface area (Å²) < 4.78 is 28.1. The van der Waals surface area contributed by atoms with E-state index in [-0.39, 0.29) is 16.0 Å². The lowest BCUT2D eigenvalue weighted by Gasteiger charge is -2.07. The van der Waals surface area contributed by atoms with Crippen LogP contribution in [0.2, 0.25) is 10.0 Å². The maximum absolute atomic E-state index is 13.4. The molecule has 0 aliphatic carbocycles. The first-order valence-electron chi connectivity index (χ1n) is 5.56. The second-order valence-corrected chi connectivity index (χ2v) is 4.97. The highest BCUT2D eigenvalue weighted by atomic mass is 35.5. The fourth-order valence-corrected chi connectivity index (χ4v) is 2.32. The van der Waals surface area contributed by atoms with E-state index in [2.05, 4.69) is 4.98 Å². The van der Waals surface area contributed by atoms with Crippen LogP contribution in [-0.4, -0.2) is 9.55 Å². The summed E-state index contributed by atoms with van der Waals surface area (Å²) in [7, 11) is 0. The molecule has 20 heavy (non-hydrogen) atoms. The lowest BCUT2D eigenvalue weighted by atomic mass is 10.2. The highest BCUT2D eigenvalue weighted by Gasteiger charge is 2.14. The number of imidazole rings is 1. The maximum atomic E-state index is 13.4. The number of nitrogen functional groups attached to an aromatic ring is 1. The second-order valence-electron chi connectivity index (χ2n) is 4.16. The fraction of sp³-hybridized carbons (Fsp3) is 0. The van der Waals surface area contributed by atoms with Crippen molar-refractivity contribution < 1.29 is 8.78 Å². The Morgan fingerprint density at radius 1 is 1.00 bits per heavy atom. The number of hydrogen-bond acceptors (Lipinski definition) is 2. The molecule has 0 fully saturated rings. The van der Waals surface area contributed by atoms with Crippen LogP contribution in [0.15, 0.2) is 30.3 Å². The molecule has 3 aromatic rings. The van der Waals surface area contributed by atoms with Gasteiger partial charge in [0.2, 0.25) is 5.95 Å². The lowest BCUT2D eigenvalue weighted by molar-refractivity contribution is 0.628. The van der Waals surface area contributed by atoms with E-state index in [1.807, 2.05) is 0 Å². The molecule has 0 aliphatic rings. The van der Waals surface area contributed by atoms with Gasteiger partial charge in [-0.1, -0.05) is 23.2 Å². The molecule has 0 bridgehead atoms. The SMILES string of the molecule is Nc1nc2cc(F)c(Cl)cc2n1-c1ccc(F)c(Cl)c1. The first-order chi connectivity index (χ1) is 9.47. The summed E-state index contributed by atoms with van der Waals surface area (Å²) in [4.78, 5) is 4.05. The van der Waals surface area contributed by atoms with Crippen LogP contribution < -0.4 is 5.73 Å². The molecular formula is C13H7Cl2F2N3. The van der Waals surface area contributed by atoms with E-state index in [0.29, 0.717) is 16.7 Å². The standard InChI is InChI=1S/C13H7Cl2F2N3/c14-7-3-6(1-2-9(7)16)20-12-4-8(15)10(17)5-11(12)19-13(20)18/h1-5H,(H2,18,19). The third-order valence-corrected chi connectivity index (χ3v) is 3.46. The molecule has 0 radical (unpaired) electrons. The summed E-state index contributed by atoms with van der Waals surface area (Å²) in [5, 5.41) is -0.0937. The highest BCUT2D eigenvalue weighted by molar-refractivity contribution is 6.31. The lowest BCUT2D eigenvalue weighted by Crippen LogP contribution is -2.01. The Morgan fingerprint density at radius 3 is 2.40 bits per heavy atom. The van der Waals surface area contributed by atoms with Gasteiger partial charge in [0, 0.05) is 6.07 Å². The number of nitrogens with two attached hydrogens (primary N) is 1. The van der Waals surface area contributed by atoms with E-state index in [4.69, 9.17) is 28.9 Å². The number of aromatic nitrogens is 2. The Balaban J connectivity index is 2.32. The minimum Gasteiger partial charge on any atom is -0.369 e. The van der Waals surface area contributed by atoms with Crippen molar-refractivity contribution in [2.75, 3.05) is 5.73 Å². The molecule has 102 valence electrons. The number of fused-ring (bicyclic) bond motifs is 1. The van der Waals surface area contributed by atoms with Gasteiger partial charge in [-0.25, -0.2) is 13.8 Å². The van der Waals surface area contributed by atoms with Gasteiger partial charge in [-0.05, 0) is 24.3 Å². The zero-order chi connectivity index (χ0) is 14.4. The zero-order valence-corrected chi connectivity index (χ0v) is 11.4. The van der Waals surface area contributed by atoms with Crippen molar-refractivity contribution in [1.82, 2.24) is 9.55 Å². The van der Waals surface area contributed by atoms with E-state index in [1.165, 1.54) is 34.9 Å². The predicted molar refractivity (Wildman–Crippen MR) is 75.4 cm³/mol. The Kier molecular flexibility index (Phi) is 3.03. The van der Waals surface area contributed by atoms with Gasteiger partial charge in [-0.3, -0.25) is 4.57 Å². The van der Waals surface area contributed by atoms with Gasteiger partial charge in [0.1, 0.15) is 11.6 Å². The number of rotatable bonds is 1. The molecule has 0 spiro atoms. The van der Waals surface area contributed by atoms with Crippen LogP contribution in [0, 0.1) is 11.6 Å². The largest absolute Gasteiger partial charge is 0.369 e. The van der Waals surface area contributed by atoms with Crippen LogP contribution in [0.1, 0.15) is 0 Å². The first kappa shape index (κ1) is 13.1. The van der Waals surface area contributed by atoms with E-state index >= 15 is 0 Å². The van der Waals surface area contributed by atoms with Gasteiger partial charge >= 0.3 is 0 Å². The Labute approximate surface area is 122 Å². The van der Waals surface area contributed by atoms with Crippen LogP contribution in [0.4, 0.5) is 14.7 Å². The number of hydrogen-bond donors (Lipinski definition) is 1. The van der Waals surface area contributed by atoms with Gasteiger partial charge < -0.3 is 5.73 Å². The van der Waals surface area contributed by atoms with Crippen molar-refractivity contribution in [1.29, 1.82) is 0 Å². The molecule has 0 unspecified atom stereocenters. The Morgan fingerprint density at radius 2 is 1.70 bits per heavy atom. The fourth-order valence-electron chi connectivity index (χ4n) is 1.99. The minimum absolute atomic E-state index is 0.0445. The third-order valence-electron chi connectivity index (χ3n) is 2.88. The van der Waals surface area contributed by atoms with Crippen molar-refractivity contribution >= 4 is 40.2 Å². The molecule has 0 saturated carbocycles. The van der Waals surface area contributed by atoms with Crippen molar-refractivity contribution in [3.05, 3.63) is 52.0 Å². The second kappa shape index (κ2) is 4.61. The summed E-state index contributed by atoms with van der Waals surface area (Å²) in [6, 6.07) is 6.72. The summed E-state index contributed by atoms with van der Waals surface area (Å²) in [5.74, 6) is -0.993. The molecule has 0 aliphatic heterocycles. The molecule has 1 heterocycles. The van der Waals surface area contributed by atoms with Crippen LogP contribution in [0.5, 0.6) is 0 Å². The van der Waals surface area contributed by atoms with Gasteiger partial charge in [0.05, 0.1) is 26.8 Å². The van der Waals surface area contributed by atoms with E-state index < -0.39 is 11.6 Å². The number of halogens is 4. The molecule has 0 amide bonds. The molecule has 3 nitrogen and oxygen atoms in total. The number of anilines is 1. The molecule has 2 aromatic carbocycles. The summed E-state index contributed by atoms with van der Waals surface area (Å²) in [6.45, 7) is 0. The van der Waals surface area contributed by atoms with Gasteiger partial charge in [0.15, 0.2) is 0 Å². The molecule has 7 heteroatoms. The quantitative estimate of drug-likeness (QED) is 0.732. The first-order valence-corrected chi connectivity index (χ1v) is 6.31. The molecule has 0 saturated heterocycles. The van der Waals surface area contributed by atoms with E-state index in [9.17, 15) is 8.78 Å². The highest BCUT2D eigenvalue weighted by Crippen LogP contribution is 2.29. The predicted octanol–water partition coefficient (Wildman–Crippen LogP) is 4.19. The number of nitrogens with zero attached hydrogens (tertiary/aromatic N) is 2. The Bertz CT molecular complexity index is 830. The van der Waals surface area contributed by atoms with Crippen LogP contribution in [-0.2, 0) is 0 Å². The van der Waals surface area contributed by atoms with Crippen LogP contribution in [0.3, 0.4) is 0 Å². The molecular weight excluding hydrogens is 307 g/mol. The van der Waals surface area contributed by atoms with Crippen molar-refractivity contribution in [2.45, 2.75) is 0 Å². The van der Waals surface area contributed by atoms with Crippen LogP contribution >= 0.6 is 23.2 Å². The van der Waals surface area contributed by atoms with Gasteiger partial charge in [-0.2, -0.15) is 0 Å². The van der Waals surface area contributed by atoms with E-state index in [0.717, 1.165) is 0 Å². The average Bonchev–Trinajstić information content (AvgIpc) is 2.69. The molecule has 2 N–H and O–H groups in total.